The Balaban J connectivity index is 0. The molecule has 0 aromatic rings. The van der Waals surface area contributed by atoms with Gasteiger partial charge in [-0.1, -0.05) is 109 Å². The summed E-state index contributed by atoms with van der Waals surface area (Å²) in [5, 5.41) is 3.34. The van der Waals surface area contributed by atoms with Crippen LogP contribution in [0.5, 0.6) is 0 Å². The normalized spacial score (nSPS) is 11.4. The van der Waals surface area contributed by atoms with Gasteiger partial charge in [-0.05, 0) is 58.9 Å². The number of nitrogens with one attached hydrogen (secondary N) is 1. The molecule has 3 nitrogen and oxygen atoms in total. The van der Waals surface area contributed by atoms with Crippen LogP contribution in [0.15, 0.2) is 24.8 Å². The lowest BCUT2D eigenvalue weighted by atomic mass is 10.1. The molecule has 0 bridgehead atoms. The molecule has 3 heteroatoms. The van der Waals surface area contributed by atoms with Gasteiger partial charge in [0.15, 0.2) is 0 Å². The van der Waals surface area contributed by atoms with E-state index in [0.717, 1.165) is 19.4 Å². The Morgan fingerprint density at radius 2 is 1.15 bits per heavy atom. The van der Waals surface area contributed by atoms with Crippen molar-refractivity contribution in [1.82, 2.24) is 5.32 Å². The van der Waals surface area contributed by atoms with Crippen LogP contribution >= 0.6 is 0 Å². The molecule has 33 heavy (non-hydrogen) atoms. The maximum Gasteiger partial charge on any atom is 0.217 e. The first-order valence-electron chi connectivity index (χ1n) is 14.2. The Labute approximate surface area is 208 Å². The smallest absolute Gasteiger partial charge is 0.217 e. The quantitative estimate of drug-likeness (QED) is 0.117. The maximum absolute atomic E-state index is 10.6. The summed E-state index contributed by atoms with van der Waals surface area (Å²) in [4.78, 5) is 10.6. The Morgan fingerprint density at radius 3 is 1.55 bits per heavy atom. The summed E-state index contributed by atoms with van der Waals surface area (Å²) in [6.07, 6.45) is 30.9. The van der Waals surface area contributed by atoms with Gasteiger partial charge in [0.1, 0.15) is 0 Å². The fourth-order valence-corrected chi connectivity index (χ4v) is 3.60. The number of nitrogens with two attached hydrogens (primary N) is 1. The average molecular weight is 465 g/mol. The van der Waals surface area contributed by atoms with Crippen molar-refractivity contribution in [2.24, 2.45) is 5.73 Å². The molecule has 0 rings (SSSR count). The lowest BCUT2D eigenvalue weighted by Gasteiger charge is -2.20. The molecule has 0 aliphatic carbocycles. The molecule has 3 N–H and O–H groups in total. The Kier molecular flexibility index (Phi) is 28.0. The summed E-state index contributed by atoms with van der Waals surface area (Å²) in [5.41, 5.74) is 5.23. The second kappa shape index (κ2) is 27.2. The molecular weight excluding hydrogens is 404 g/mol. The molecule has 0 unspecified atom stereocenters. The number of carbonyl (C=O) groups is 1. The lowest BCUT2D eigenvalue weighted by Crippen LogP contribution is -2.37. The highest BCUT2D eigenvalue weighted by Crippen LogP contribution is 2.12. The van der Waals surface area contributed by atoms with Gasteiger partial charge in [0, 0.05) is 12.0 Å². The number of hydrogen-bond acceptors (Lipinski definition) is 2. The van der Waals surface area contributed by atoms with Crippen LogP contribution in [0.25, 0.3) is 0 Å². The number of carbonyl (C=O) groups excluding carboxylic acids is 1. The van der Waals surface area contributed by atoms with Crippen molar-refractivity contribution in [3.05, 3.63) is 24.8 Å². The molecule has 0 saturated carbocycles. The van der Waals surface area contributed by atoms with Crippen LogP contribution in [0.1, 0.15) is 150 Å². The van der Waals surface area contributed by atoms with Crippen molar-refractivity contribution in [3.63, 3.8) is 0 Å². The minimum Gasteiger partial charge on any atom is -0.370 e. The van der Waals surface area contributed by atoms with E-state index in [1.165, 1.54) is 103 Å². The van der Waals surface area contributed by atoms with Gasteiger partial charge < -0.3 is 11.1 Å². The number of hydrogen-bond donors (Lipinski definition) is 2. The first-order chi connectivity index (χ1) is 15.9. The van der Waals surface area contributed by atoms with Gasteiger partial charge in [0.25, 0.3) is 0 Å². The van der Waals surface area contributed by atoms with Crippen LogP contribution in [0.3, 0.4) is 0 Å². The van der Waals surface area contributed by atoms with Crippen molar-refractivity contribution in [1.29, 1.82) is 0 Å². The molecule has 0 atom stereocenters. The first kappa shape index (κ1) is 34.1. The van der Waals surface area contributed by atoms with Gasteiger partial charge in [-0.15, -0.1) is 6.58 Å². The molecule has 0 aromatic carbocycles. The zero-order valence-corrected chi connectivity index (χ0v) is 23.1. The van der Waals surface area contributed by atoms with Gasteiger partial charge in [-0.3, -0.25) is 4.79 Å². The monoisotopic (exact) mass is 464 g/mol. The van der Waals surface area contributed by atoms with Crippen LogP contribution in [0.2, 0.25) is 0 Å². The first-order valence-corrected chi connectivity index (χ1v) is 14.2. The number of unbranched alkanes of at least 4 members (excludes halogenated alkanes) is 15. The molecule has 0 aliphatic heterocycles. The zero-order valence-electron chi connectivity index (χ0n) is 23.1. The van der Waals surface area contributed by atoms with Gasteiger partial charge in [-0.2, -0.15) is 0 Å². The summed E-state index contributed by atoms with van der Waals surface area (Å²) < 4.78 is 0. The standard InChI is InChI=1S/C22H43NO.C8H17N/c1-2-3-4-5-6-7-8-9-10-11-12-13-14-15-16-17-18-19-20-21-22(23)24;1-5-7-9-8(3,4)6-2/h9-10H,2-8,11-21H2,1H3,(H2,23,24);6,9H,2,5,7H2,1,3-4H3/b10-9-;. The molecule has 0 aromatic heterocycles. The van der Waals surface area contributed by atoms with Crippen LogP contribution in [0, 0.1) is 0 Å². The molecule has 196 valence electrons. The largest absolute Gasteiger partial charge is 0.370 e. The molecule has 1 amide bonds. The fraction of sp³-hybridized carbons (Fsp3) is 0.833. The van der Waals surface area contributed by atoms with E-state index in [2.05, 4.69) is 51.7 Å². The summed E-state index contributed by atoms with van der Waals surface area (Å²) in [6, 6.07) is 0. The van der Waals surface area contributed by atoms with E-state index in [4.69, 9.17) is 5.73 Å². The Morgan fingerprint density at radius 1 is 0.727 bits per heavy atom. The zero-order chi connectivity index (χ0) is 25.0. The van der Waals surface area contributed by atoms with E-state index in [-0.39, 0.29) is 11.4 Å². The van der Waals surface area contributed by atoms with Crippen molar-refractivity contribution in [3.8, 4) is 0 Å². The van der Waals surface area contributed by atoms with Gasteiger partial charge >= 0.3 is 0 Å². The molecule has 0 spiro atoms. The van der Waals surface area contributed by atoms with Gasteiger partial charge in [0.05, 0.1) is 0 Å². The molecular formula is C30H60N2O. The minimum absolute atomic E-state index is 0.107. The topological polar surface area (TPSA) is 55.1 Å². The third kappa shape index (κ3) is 33.2. The highest BCUT2D eigenvalue weighted by molar-refractivity contribution is 5.73. The number of amides is 1. The molecule has 0 aliphatic rings. The maximum atomic E-state index is 10.6. The summed E-state index contributed by atoms with van der Waals surface area (Å²) in [6.45, 7) is 13.5. The summed E-state index contributed by atoms with van der Waals surface area (Å²) in [7, 11) is 0. The lowest BCUT2D eigenvalue weighted by molar-refractivity contribution is -0.118. The number of rotatable bonds is 23. The van der Waals surface area contributed by atoms with Crippen LogP contribution < -0.4 is 11.1 Å². The Hall–Kier alpha value is -1.09. The highest BCUT2D eigenvalue weighted by Gasteiger charge is 2.08. The van der Waals surface area contributed by atoms with Gasteiger partial charge in [0.2, 0.25) is 5.91 Å². The van der Waals surface area contributed by atoms with E-state index in [0.29, 0.717) is 6.42 Å². The second-order valence-electron chi connectivity index (χ2n) is 10.1. The number of allylic oxidation sites excluding steroid dienone is 2. The number of primary amides is 1. The van der Waals surface area contributed by atoms with Crippen molar-refractivity contribution in [2.75, 3.05) is 6.54 Å². The average Bonchev–Trinajstić information content (AvgIpc) is 2.79. The van der Waals surface area contributed by atoms with Crippen molar-refractivity contribution >= 4 is 5.91 Å². The van der Waals surface area contributed by atoms with E-state index >= 15 is 0 Å². The highest BCUT2D eigenvalue weighted by atomic mass is 16.1. The minimum atomic E-state index is -0.156. The molecule has 0 fully saturated rings. The summed E-state index contributed by atoms with van der Waals surface area (Å²) in [5.74, 6) is -0.156. The predicted octanol–water partition coefficient (Wildman–Crippen LogP) is 9.02. The SMILES string of the molecule is C=CC(C)(C)NCCC.CCCCCCCC/C=C\CCCCCCCCCCCC(N)=O. The van der Waals surface area contributed by atoms with E-state index in [9.17, 15) is 4.79 Å². The fourth-order valence-electron chi connectivity index (χ4n) is 3.60. The Bertz CT molecular complexity index is 443. The summed E-state index contributed by atoms with van der Waals surface area (Å²) >= 11 is 0. The molecule has 0 heterocycles. The van der Waals surface area contributed by atoms with Crippen LogP contribution in [-0.4, -0.2) is 18.0 Å². The predicted molar refractivity (Wildman–Crippen MR) is 150 cm³/mol. The van der Waals surface area contributed by atoms with Crippen molar-refractivity contribution < 1.29 is 4.79 Å². The second-order valence-corrected chi connectivity index (χ2v) is 10.1. The van der Waals surface area contributed by atoms with Crippen LogP contribution in [-0.2, 0) is 4.79 Å². The van der Waals surface area contributed by atoms with Gasteiger partial charge in [-0.25, -0.2) is 0 Å². The van der Waals surface area contributed by atoms with E-state index < -0.39 is 0 Å². The van der Waals surface area contributed by atoms with Crippen molar-refractivity contribution in [2.45, 2.75) is 155 Å². The third-order valence-corrected chi connectivity index (χ3v) is 6.03. The van der Waals surface area contributed by atoms with Crippen LogP contribution in [0.4, 0.5) is 0 Å². The molecule has 0 radical (unpaired) electrons. The van der Waals surface area contributed by atoms with E-state index in [1.54, 1.807) is 0 Å². The molecule has 0 saturated heterocycles. The third-order valence-electron chi connectivity index (χ3n) is 6.03. The van der Waals surface area contributed by atoms with E-state index in [1.807, 2.05) is 6.08 Å².